The Hall–Kier alpha value is -1.78. The van der Waals surface area contributed by atoms with Crippen LogP contribution in [-0.4, -0.2) is 9.97 Å². The number of thiazole rings is 2. The second-order valence-corrected chi connectivity index (χ2v) is 6.03. The van der Waals surface area contributed by atoms with Crippen molar-refractivity contribution >= 4 is 43.1 Å². The van der Waals surface area contributed by atoms with Gasteiger partial charge >= 0.3 is 0 Å². The number of hydrogen-bond donors (Lipinski definition) is 0. The molecule has 4 aromatic rings. The second kappa shape index (κ2) is 4.72. The van der Waals surface area contributed by atoms with Crippen LogP contribution in [0.25, 0.3) is 30.4 Å². The van der Waals surface area contributed by atoms with Gasteiger partial charge in [-0.1, -0.05) is 31.7 Å². The zero-order chi connectivity index (χ0) is 11.9. The van der Waals surface area contributed by atoms with Crippen molar-refractivity contribution in [3.63, 3.8) is 0 Å². The van der Waals surface area contributed by atoms with Gasteiger partial charge in [0.15, 0.2) is 10.0 Å². The topological polar surface area (TPSA) is 25.8 Å². The molecule has 2 nitrogen and oxygen atoms in total. The summed E-state index contributed by atoms with van der Waals surface area (Å²) in [4.78, 5) is 9.29. The van der Waals surface area contributed by atoms with E-state index < -0.39 is 0 Å². The fraction of sp³-hybridized carbons (Fsp3) is 0.0667. The highest BCUT2D eigenvalue weighted by molar-refractivity contribution is 7.27. The molecule has 4 heteroatoms. The minimum Gasteiger partial charge on any atom is -0.233 e. The summed E-state index contributed by atoms with van der Waals surface area (Å²) in [6, 6.07) is 16.4. The Morgan fingerprint density at radius 2 is 1.05 bits per heavy atom. The number of para-hydroxylation sites is 2. The maximum absolute atomic E-state index is 4.64. The number of rotatable bonds is 1. The molecule has 2 aromatic carbocycles. The van der Waals surface area contributed by atoms with Crippen LogP contribution in [0.2, 0.25) is 0 Å². The van der Waals surface area contributed by atoms with Crippen LogP contribution >= 0.6 is 22.7 Å². The fourth-order valence-electron chi connectivity index (χ4n) is 1.93. The molecule has 0 aliphatic heterocycles. The summed E-state index contributed by atoms with van der Waals surface area (Å²) in [5.41, 5.74) is 2.11. The monoisotopic (exact) mass is 284 g/mol. The largest absolute Gasteiger partial charge is 0.233 e. The van der Waals surface area contributed by atoms with Crippen LogP contribution < -0.4 is 0 Å². The molecule has 0 unspecified atom stereocenters. The van der Waals surface area contributed by atoms with Gasteiger partial charge in [0.25, 0.3) is 0 Å². The highest BCUT2D eigenvalue weighted by Crippen LogP contribution is 2.34. The summed E-state index contributed by atoms with van der Waals surface area (Å²) < 4.78 is 2.43. The molecule has 94 valence electrons. The predicted molar refractivity (Wildman–Crippen MR) is 85.0 cm³/mol. The van der Waals surface area contributed by atoms with E-state index in [0.29, 0.717) is 0 Å². The van der Waals surface area contributed by atoms with Gasteiger partial charge in [-0.2, -0.15) is 0 Å². The van der Waals surface area contributed by atoms with Gasteiger partial charge in [-0.05, 0) is 24.3 Å². The van der Waals surface area contributed by atoms with Gasteiger partial charge in [0.1, 0.15) is 0 Å². The van der Waals surface area contributed by atoms with Gasteiger partial charge in [0.05, 0.1) is 20.4 Å². The smallest absolute Gasteiger partial charge is 0.153 e. The second-order valence-electron chi connectivity index (χ2n) is 3.97. The van der Waals surface area contributed by atoms with Crippen LogP contribution in [0, 0.1) is 0 Å². The molecule has 0 spiro atoms. The number of hydrogen-bond acceptors (Lipinski definition) is 4. The van der Waals surface area contributed by atoms with Crippen molar-refractivity contribution in [2.24, 2.45) is 0 Å². The molecule has 0 saturated heterocycles. The van der Waals surface area contributed by atoms with E-state index in [1.165, 1.54) is 9.40 Å². The zero-order valence-electron chi connectivity index (χ0n) is 9.33. The van der Waals surface area contributed by atoms with E-state index in [4.69, 9.17) is 0 Å². The molecule has 4 rings (SSSR count). The summed E-state index contributed by atoms with van der Waals surface area (Å²) in [5, 5.41) is 2.02. The number of nitrogens with zero attached hydrogens (tertiary/aromatic N) is 2. The van der Waals surface area contributed by atoms with Crippen molar-refractivity contribution in [2.75, 3.05) is 0 Å². The van der Waals surface area contributed by atoms with E-state index in [9.17, 15) is 0 Å². The maximum Gasteiger partial charge on any atom is 0.153 e. The quantitative estimate of drug-likeness (QED) is 0.479. The average Bonchev–Trinajstić information content (AvgIpc) is 3.02. The first-order chi connectivity index (χ1) is 8.90. The van der Waals surface area contributed by atoms with Crippen molar-refractivity contribution in [2.45, 2.75) is 7.43 Å². The Morgan fingerprint density at radius 1 is 0.632 bits per heavy atom. The molecule has 0 atom stereocenters. The van der Waals surface area contributed by atoms with Gasteiger partial charge in [-0.15, -0.1) is 22.7 Å². The summed E-state index contributed by atoms with van der Waals surface area (Å²) in [5.74, 6) is 0. The Balaban J connectivity index is 0.00000110. The first-order valence-electron chi connectivity index (χ1n) is 5.62. The Morgan fingerprint density at radius 3 is 1.47 bits per heavy atom. The van der Waals surface area contributed by atoms with Crippen LogP contribution in [-0.2, 0) is 0 Å². The van der Waals surface area contributed by atoms with E-state index in [1.54, 1.807) is 22.7 Å². The molecule has 2 aromatic heterocycles. The van der Waals surface area contributed by atoms with Crippen molar-refractivity contribution in [3.05, 3.63) is 48.5 Å². The van der Waals surface area contributed by atoms with Gasteiger partial charge in [-0.25, -0.2) is 9.97 Å². The summed E-state index contributed by atoms with van der Waals surface area (Å²) in [6.07, 6.45) is 0. The predicted octanol–water partition coefficient (Wildman–Crippen LogP) is 5.21. The van der Waals surface area contributed by atoms with Crippen molar-refractivity contribution in [1.29, 1.82) is 0 Å². The lowest BCUT2D eigenvalue weighted by atomic mass is 10.3. The van der Waals surface area contributed by atoms with Gasteiger partial charge < -0.3 is 0 Å². The molecule has 0 saturated carbocycles. The average molecular weight is 284 g/mol. The third-order valence-corrected chi connectivity index (χ3v) is 4.99. The lowest BCUT2D eigenvalue weighted by Crippen LogP contribution is -1.72. The van der Waals surface area contributed by atoms with E-state index >= 15 is 0 Å². The summed E-state index contributed by atoms with van der Waals surface area (Å²) in [6.45, 7) is 0. The minimum atomic E-state index is 0. The molecule has 19 heavy (non-hydrogen) atoms. The molecule has 0 fully saturated rings. The Bertz CT molecular complexity index is 707. The maximum atomic E-state index is 4.64. The van der Waals surface area contributed by atoms with Gasteiger partial charge in [0, 0.05) is 0 Å². The third-order valence-electron chi connectivity index (χ3n) is 2.77. The van der Waals surface area contributed by atoms with Gasteiger partial charge in [0.2, 0.25) is 0 Å². The normalized spacial score (nSPS) is 10.7. The van der Waals surface area contributed by atoms with E-state index in [2.05, 4.69) is 22.1 Å². The summed E-state index contributed by atoms with van der Waals surface area (Å²) in [7, 11) is 0. The first-order valence-corrected chi connectivity index (χ1v) is 7.25. The van der Waals surface area contributed by atoms with Crippen LogP contribution in [0.4, 0.5) is 0 Å². The van der Waals surface area contributed by atoms with Crippen molar-refractivity contribution < 1.29 is 0 Å². The van der Waals surface area contributed by atoms with Crippen LogP contribution in [0.1, 0.15) is 7.43 Å². The molecule has 0 aliphatic carbocycles. The highest BCUT2D eigenvalue weighted by atomic mass is 32.1. The molecule has 0 amide bonds. The van der Waals surface area contributed by atoms with E-state index in [-0.39, 0.29) is 7.43 Å². The van der Waals surface area contributed by atoms with Gasteiger partial charge in [-0.3, -0.25) is 0 Å². The SMILES string of the molecule is C.c1ccc2sc(-c3nc4ccccc4s3)nc2c1. The molecule has 0 aliphatic rings. The zero-order valence-corrected chi connectivity index (χ0v) is 11.0. The van der Waals surface area contributed by atoms with Crippen LogP contribution in [0.3, 0.4) is 0 Å². The Labute approximate surface area is 119 Å². The fourth-order valence-corrected chi connectivity index (χ4v) is 3.88. The molecule has 0 N–H and O–H groups in total. The molecule has 2 heterocycles. The Kier molecular flexibility index (Phi) is 3.05. The minimum absolute atomic E-state index is 0. The van der Waals surface area contributed by atoms with E-state index in [1.807, 2.05) is 36.4 Å². The third kappa shape index (κ3) is 2.03. The lowest BCUT2D eigenvalue weighted by Gasteiger charge is -1.83. The van der Waals surface area contributed by atoms with E-state index in [0.717, 1.165) is 21.0 Å². The lowest BCUT2D eigenvalue weighted by molar-refractivity contribution is 1.42. The molecular weight excluding hydrogens is 272 g/mol. The molecule has 0 radical (unpaired) electrons. The number of benzene rings is 2. The highest BCUT2D eigenvalue weighted by Gasteiger charge is 2.10. The van der Waals surface area contributed by atoms with Crippen LogP contribution in [0.5, 0.6) is 0 Å². The standard InChI is InChI=1S/C14H8N2S2.CH4/c1-3-7-11-9(5-1)15-13(17-11)14-16-10-6-2-4-8-12(10)18-14;/h1-8H;1H4. The molecular formula is C15H12N2S2. The number of aromatic nitrogens is 2. The number of fused-ring (bicyclic) bond motifs is 2. The summed E-state index contributed by atoms with van der Waals surface area (Å²) >= 11 is 3.40. The van der Waals surface area contributed by atoms with Crippen LogP contribution in [0.15, 0.2) is 48.5 Å². The van der Waals surface area contributed by atoms with Crippen molar-refractivity contribution in [3.8, 4) is 10.0 Å². The van der Waals surface area contributed by atoms with Crippen molar-refractivity contribution in [1.82, 2.24) is 9.97 Å². The molecule has 0 bridgehead atoms. The first kappa shape index (κ1) is 12.3.